The van der Waals surface area contributed by atoms with Crippen molar-refractivity contribution < 1.29 is 9.22 Å². The summed E-state index contributed by atoms with van der Waals surface area (Å²) in [5, 5.41) is 0.241. The molecular formula is C18H32O2Si. The van der Waals surface area contributed by atoms with Crippen LogP contribution in [0.5, 0.6) is 0 Å². The zero-order chi connectivity index (χ0) is 15.8. The molecule has 0 aromatic carbocycles. The van der Waals surface area contributed by atoms with E-state index in [0.717, 1.165) is 19.3 Å². The van der Waals surface area contributed by atoms with Gasteiger partial charge in [0.25, 0.3) is 0 Å². The monoisotopic (exact) mass is 308 g/mol. The summed E-state index contributed by atoms with van der Waals surface area (Å²) >= 11 is 0. The van der Waals surface area contributed by atoms with Gasteiger partial charge in [-0.1, -0.05) is 34.6 Å². The first kappa shape index (κ1) is 15.7. The van der Waals surface area contributed by atoms with E-state index in [1.807, 2.05) is 0 Å². The van der Waals surface area contributed by atoms with Gasteiger partial charge in [0.15, 0.2) is 8.32 Å². The van der Waals surface area contributed by atoms with Gasteiger partial charge < -0.3 is 4.43 Å². The first-order chi connectivity index (χ1) is 9.43. The molecule has 5 atom stereocenters. The second-order valence-corrected chi connectivity index (χ2v) is 14.5. The fourth-order valence-electron chi connectivity index (χ4n) is 5.28. The Kier molecular flexibility index (Phi) is 3.17. The first-order valence-electron chi connectivity index (χ1n) is 8.64. The molecule has 0 unspecified atom stereocenters. The van der Waals surface area contributed by atoms with E-state index in [1.165, 1.54) is 6.42 Å². The topological polar surface area (TPSA) is 26.3 Å². The van der Waals surface area contributed by atoms with Crippen molar-refractivity contribution in [3.05, 3.63) is 0 Å². The third-order valence-electron chi connectivity index (χ3n) is 8.07. The molecule has 3 heteroatoms. The number of rotatable bonds is 2. The van der Waals surface area contributed by atoms with E-state index >= 15 is 0 Å². The lowest BCUT2D eigenvalue weighted by atomic mass is 9.58. The van der Waals surface area contributed by atoms with Crippen LogP contribution in [0.3, 0.4) is 0 Å². The predicted molar refractivity (Wildman–Crippen MR) is 88.7 cm³/mol. The molecule has 0 spiro atoms. The van der Waals surface area contributed by atoms with E-state index < -0.39 is 8.32 Å². The maximum Gasteiger partial charge on any atom is 0.192 e. The molecule has 4 bridgehead atoms. The molecule has 0 aromatic rings. The van der Waals surface area contributed by atoms with E-state index in [9.17, 15) is 4.79 Å². The Labute approximate surface area is 131 Å². The van der Waals surface area contributed by atoms with Crippen molar-refractivity contribution in [2.24, 2.45) is 22.7 Å². The van der Waals surface area contributed by atoms with E-state index in [2.05, 4.69) is 47.7 Å². The van der Waals surface area contributed by atoms with Crippen LogP contribution in [-0.4, -0.2) is 20.2 Å². The second-order valence-electron chi connectivity index (χ2n) is 9.75. The first-order valence-corrected chi connectivity index (χ1v) is 11.5. The summed E-state index contributed by atoms with van der Waals surface area (Å²) in [6, 6.07) is 0. The third kappa shape index (κ3) is 1.83. The van der Waals surface area contributed by atoms with Gasteiger partial charge in [0, 0.05) is 17.8 Å². The van der Waals surface area contributed by atoms with Crippen LogP contribution in [0.15, 0.2) is 0 Å². The van der Waals surface area contributed by atoms with Crippen LogP contribution in [0, 0.1) is 22.7 Å². The molecular weight excluding hydrogens is 276 g/mol. The maximum absolute atomic E-state index is 12.5. The lowest BCUT2D eigenvalue weighted by molar-refractivity contribution is -0.138. The minimum absolute atomic E-state index is 0.0858. The van der Waals surface area contributed by atoms with Gasteiger partial charge in [-0.25, -0.2) is 0 Å². The smallest absolute Gasteiger partial charge is 0.192 e. The van der Waals surface area contributed by atoms with Crippen molar-refractivity contribution in [3.63, 3.8) is 0 Å². The Balaban J connectivity index is 1.93. The highest BCUT2D eigenvalue weighted by molar-refractivity contribution is 6.74. The molecule has 3 aliphatic rings. The number of carbonyl (C=O) groups is 1. The Morgan fingerprint density at radius 1 is 1.19 bits per heavy atom. The summed E-state index contributed by atoms with van der Waals surface area (Å²) in [5.74, 6) is 1.49. The van der Waals surface area contributed by atoms with Crippen LogP contribution in [0.1, 0.15) is 60.3 Å². The van der Waals surface area contributed by atoms with E-state index in [1.54, 1.807) is 0 Å². The normalized spacial score (nSPS) is 46.2. The molecule has 3 fully saturated rings. The number of Topliss-reactive ketones (excluding diaryl/α,β-unsaturated/α-hetero) is 1. The summed E-state index contributed by atoms with van der Waals surface area (Å²) in [4.78, 5) is 12.5. The SMILES string of the molecule is CC(C)(C)[Si](C)(C)O[C@@H]1C[C@H]2C[C@@H]3C(=O)CC[C@]2(C)[C@@]31C. The van der Waals surface area contributed by atoms with E-state index in [0.29, 0.717) is 23.2 Å². The standard InChI is InChI=1S/C18H32O2Si/c1-16(2,3)21(6,7)20-15-11-12-10-13-14(19)8-9-17(12,4)18(13,15)5/h12-13,15H,8-11H2,1-7H3/t12-,13-,15-,17+,18+/m1/s1. The van der Waals surface area contributed by atoms with Gasteiger partial charge in [0.2, 0.25) is 0 Å². The van der Waals surface area contributed by atoms with Crippen molar-refractivity contribution in [2.45, 2.75) is 84.5 Å². The Morgan fingerprint density at radius 3 is 2.38 bits per heavy atom. The highest BCUT2D eigenvalue weighted by atomic mass is 28.4. The summed E-state index contributed by atoms with van der Waals surface area (Å²) in [6.07, 6.45) is 4.50. The van der Waals surface area contributed by atoms with Gasteiger partial charge in [0.05, 0.1) is 6.10 Å². The molecule has 3 saturated carbocycles. The highest BCUT2D eigenvalue weighted by Crippen LogP contribution is 2.73. The van der Waals surface area contributed by atoms with Gasteiger partial charge in [-0.15, -0.1) is 0 Å². The Morgan fingerprint density at radius 2 is 1.81 bits per heavy atom. The minimum Gasteiger partial charge on any atom is -0.413 e. The Hall–Kier alpha value is -0.153. The van der Waals surface area contributed by atoms with Crippen LogP contribution >= 0.6 is 0 Å². The molecule has 3 aliphatic carbocycles. The molecule has 0 heterocycles. The minimum atomic E-state index is -1.77. The average molecular weight is 309 g/mol. The van der Waals surface area contributed by atoms with Gasteiger partial charge in [-0.05, 0) is 48.7 Å². The fraction of sp³-hybridized carbons (Fsp3) is 0.944. The zero-order valence-electron chi connectivity index (χ0n) is 14.9. The van der Waals surface area contributed by atoms with Crippen LogP contribution in [0.25, 0.3) is 0 Å². The van der Waals surface area contributed by atoms with E-state index in [-0.39, 0.29) is 16.4 Å². The highest BCUT2D eigenvalue weighted by Gasteiger charge is 2.72. The number of ketones is 1. The molecule has 0 aliphatic heterocycles. The molecule has 120 valence electrons. The van der Waals surface area contributed by atoms with Crippen LogP contribution in [-0.2, 0) is 9.22 Å². The van der Waals surface area contributed by atoms with Crippen LogP contribution in [0.4, 0.5) is 0 Å². The molecule has 0 N–H and O–H groups in total. The molecule has 21 heavy (non-hydrogen) atoms. The molecule has 2 nitrogen and oxygen atoms in total. The number of hydrogen-bond acceptors (Lipinski definition) is 2. The molecule has 0 aromatic heterocycles. The second kappa shape index (κ2) is 4.23. The van der Waals surface area contributed by atoms with Gasteiger partial charge in [0.1, 0.15) is 5.78 Å². The van der Waals surface area contributed by atoms with Crippen LogP contribution < -0.4 is 0 Å². The molecule has 0 radical (unpaired) electrons. The fourth-order valence-corrected chi connectivity index (χ4v) is 6.68. The number of hydrogen-bond donors (Lipinski definition) is 0. The molecule has 3 rings (SSSR count). The van der Waals surface area contributed by atoms with Crippen molar-refractivity contribution in [3.8, 4) is 0 Å². The van der Waals surface area contributed by atoms with Crippen molar-refractivity contribution in [1.29, 1.82) is 0 Å². The molecule has 0 amide bonds. The average Bonchev–Trinajstić information content (AvgIpc) is 2.60. The van der Waals surface area contributed by atoms with Crippen molar-refractivity contribution in [1.82, 2.24) is 0 Å². The van der Waals surface area contributed by atoms with Crippen molar-refractivity contribution in [2.75, 3.05) is 0 Å². The predicted octanol–water partition coefficient (Wildman–Crippen LogP) is 4.79. The number of carbonyl (C=O) groups excluding carboxylic acids is 1. The summed E-state index contributed by atoms with van der Waals surface area (Å²) in [6.45, 7) is 16.4. The lowest BCUT2D eigenvalue weighted by Crippen LogP contribution is -2.54. The largest absolute Gasteiger partial charge is 0.413 e. The molecule has 0 saturated heterocycles. The Bertz CT molecular complexity index is 478. The van der Waals surface area contributed by atoms with E-state index in [4.69, 9.17) is 4.43 Å². The maximum atomic E-state index is 12.5. The van der Waals surface area contributed by atoms with Crippen LogP contribution in [0.2, 0.25) is 18.1 Å². The van der Waals surface area contributed by atoms with Gasteiger partial charge in [-0.3, -0.25) is 4.79 Å². The van der Waals surface area contributed by atoms with Gasteiger partial charge in [-0.2, -0.15) is 0 Å². The quantitative estimate of drug-likeness (QED) is 0.685. The van der Waals surface area contributed by atoms with Gasteiger partial charge >= 0.3 is 0 Å². The summed E-state index contributed by atoms with van der Waals surface area (Å²) < 4.78 is 6.84. The third-order valence-corrected chi connectivity index (χ3v) is 12.6. The van der Waals surface area contributed by atoms with Crippen molar-refractivity contribution >= 4 is 14.1 Å². The zero-order valence-corrected chi connectivity index (χ0v) is 15.9. The summed E-state index contributed by atoms with van der Waals surface area (Å²) in [7, 11) is -1.77. The lowest BCUT2D eigenvalue weighted by Gasteiger charge is -2.51. The summed E-state index contributed by atoms with van der Waals surface area (Å²) in [5.41, 5.74) is 0.418.